The van der Waals surface area contributed by atoms with Gasteiger partial charge in [-0.25, -0.2) is 4.98 Å². The van der Waals surface area contributed by atoms with Crippen molar-refractivity contribution in [1.82, 2.24) is 9.55 Å². The molecule has 1 aromatic rings. The summed E-state index contributed by atoms with van der Waals surface area (Å²) in [5, 5.41) is 0. The van der Waals surface area contributed by atoms with E-state index in [1.165, 1.54) is 0 Å². The molecule has 0 atom stereocenters. The molecule has 3 nitrogen and oxygen atoms in total. The van der Waals surface area contributed by atoms with Crippen LogP contribution in [-0.2, 0) is 12.0 Å². The topological polar surface area (TPSA) is 43.8 Å². The first kappa shape index (κ1) is 12.1. The Morgan fingerprint density at radius 3 is 2.27 bits per heavy atom. The number of aryl methyl sites for hydroxylation is 1. The monoisotopic (exact) mass is 209 g/mol. The van der Waals surface area contributed by atoms with Gasteiger partial charge >= 0.3 is 0 Å². The summed E-state index contributed by atoms with van der Waals surface area (Å²) in [7, 11) is 0. The van der Waals surface area contributed by atoms with Gasteiger partial charge in [0.15, 0.2) is 0 Å². The summed E-state index contributed by atoms with van der Waals surface area (Å²) in [6.07, 6.45) is 0. The second kappa shape index (κ2) is 3.87. The molecule has 0 aliphatic carbocycles. The van der Waals surface area contributed by atoms with Gasteiger partial charge < -0.3 is 10.3 Å². The van der Waals surface area contributed by atoms with E-state index in [4.69, 9.17) is 5.73 Å². The summed E-state index contributed by atoms with van der Waals surface area (Å²) < 4.78 is 2.15. The molecule has 0 amide bonds. The van der Waals surface area contributed by atoms with Gasteiger partial charge in [0.25, 0.3) is 0 Å². The fourth-order valence-electron chi connectivity index (χ4n) is 1.71. The van der Waals surface area contributed by atoms with Crippen LogP contribution in [0.4, 0.5) is 5.82 Å². The third-order valence-corrected chi connectivity index (χ3v) is 2.41. The van der Waals surface area contributed by atoms with Crippen molar-refractivity contribution in [1.29, 1.82) is 0 Å². The van der Waals surface area contributed by atoms with E-state index in [9.17, 15) is 0 Å². The molecule has 0 saturated heterocycles. The Kier molecular flexibility index (Phi) is 3.12. The Morgan fingerprint density at radius 1 is 1.33 bits per heavy atom. The van der Waals surface area contributed by atoms with Crippen molar-refractivity contribution in [3.05, 3.63) is 11.5 Å². The van der Waals surface area contributed by atoms with E-state index in [0.29, 0.717) is 5.92 Å². The fourth-order valence-corrected chi connectivity index (χ4v) is 1.71. The first-order chi connectivity index (χ1) is 6.73. The fraction of sp³-hybridized carbons (Fsp3) is 0.750. The smallest absolute Gasteiger partial charge is 0.126 e. The maximum Gasteiger partial charge on any atom is 0.126 e. The molecule has 0 radical (unpaired) electrons. The number of anilines is 1. The second-order valence-electron chi connectivity index (χ2n) is 5.66. The normalized spacial score (nSPS) is 12.5. The number of hydrogen-bond donors (Lipinski definition) is 1. The largest absolute Gasteiger partial charge is 0.384 e. The standard InChI is InChI=1S/C12H23N3/c1-8(2)7-15-10(13)9(3)14-11(15)12(4,5)6/h8H,7,13H2,1-6H3. The SMILES string of the molecule is Cc1nc(C(C)(C)C)n(CC(C)C)c1N. The van der Waals surface area contributed by atoms with Gasteiger partial charge in [-0.1, -0.05) is 34.6 Å². The number of nitrogen functional groups attached to an aromatic ring is 1. The van der Waals surface area contributed by atoms with E-state index < -0.39 is 0 Å². The van der Waals surface area contributed by atoms with Crippen molar-refractivity contribution < 1.29 is 0 Å². The van der Waals surface area contributed by atoms with Gasteiger partial charge in [0.05, 0.1) is 5.69 Å². The van der Waals surface area contributed by atoms with E-state index in [2.05, 4.69) is 44.2 Å². The van der Waals surface area contributed by atoms with Crippen molar-refractivity contribution in [3.63, 3.8) is 0 Å². The lowest BCUT2D eigenvalue weighted by Crippen LogP contribution is -2.21. The third kappa shape index (κ3) is 2.52. The van der Waals surface area contributed by atoms with Crippen molar-refractivity contribution >= 4 is 5.82 Å². The molecule has 0 bridgehead atoms. The predicted octanol–water partition coefficient (Wildman–Crippen LogP) is 2.73. The molecule has 0 aliphatic rings. The number of imidazole rings is 1. The van der Waals surface area contributed by atoms with Crippen LogP contribution in [0, 0.1) is 12.8 Å². The van der Waals surface area contributed by atoms with Gasteiger partial charge in [-0.05, 0) is 12.8 Å². The molecule has 2 N–H and O–H groups in total. The van der Waals surface area contributed by atoms with Crippen LogP contribution in [0.5, 0.6) is 0 Å². The van der Waals surface area contributed by atoms with Crippen molar-refractivity contribution in [2.75, 3.05) is 5.73 Å². The van der Waals surface area contributed by atoms with Crippen molar-refractivity contribution in [3.8, 4) is 0 Å². The third-order valence-electron chi connectivity index (χ3n) is 2.41. The highest BCUT2D eigenvalue weighted by molar-refractivity contribution is 5.38. The molecule has 0 spiro atoms. The van der Waals surface area contributed by atoms with Gasteiger partial charge in [-0.3, -0.25) is 0 Å². The Balaban J connectivity index is 3.21. The van der Waals surface area contributed by atoms with Crippen LogP contribution < -0.4 is 5.73 Å². The summed E-state index contributed by atoms with van der Waals surface area (Å²) in [6.45, 7) is 13.8. The van der Waals surface area contributed by atoms with E-state index in [0.717, 1.165) is 23.9 Å². The van der Waals surface area contributed by atoms with E-state index in [1.807, 2.05) is 6.92 Å². The molecule has 86 valence electrons. The number of aromatic nitrogens is 2. The van der Waals surface area contributed by atoms with Gasteiger partial charge in [0.1, 0.15) is 11.6 Å². The quantitative estimate of drug-likeness (QED) is 0.814. The summed E-state index contributed by atoms with van der Waals surface area (Å²) in [4.78, 5) is 4.57. The molecular weight excluding hydrogens is 186 g/mol. The highest BCUT2D eigenvalue weighted by Gasteiger charge is 2.23. The zero-order valence-corrected chi connectivity index (χ0v) is 10.8. The first-order valence-electron chi connectivity index (χ1n) is 5.56. The molecule has 0 aliphatic heterocycles. The minimum Gasteiger partial charge on any atom is -0.384 e. The lowest BCUT2D eigenvalue weighted by molar-refractivity contribution is 0.454. The summed E-state index contributed by atoms with van der Waals surface area (Å²) in [6, 6.07) is 0. The van der Waals surface area contributed by atoms with Crippen LogP contribution in [-0.4, -0.2) is 9.55 Å². The molecule has 1 rings (SSSR count). The molecule has 0 saturated carbocycles. The lowest BCUT2D eigenvalue weighted by Gasteiger charge is -2.21. The highest BCUT2D eigenvalue weighted by atomic mass is 15.1. The minimum absolute atomic E-state index is 0.0528. The van der Waals surface area contributed by atoms with Gasteiger partial charge in [0, 0.05) is 12.0 Å². The molecule has 3 heteroatoms. The molecular formula is C12H23N3. The average Bonchev–Trinajstić information content (AvgIpc) is 2.30. The minimum atomic E-state index is 0.0528. The van der Waals surface area contributed by atoms with E-state index >= 15 is 0 Å². The molecule has 0 fully saturated rings. The van der Waals surface area contributed by atoms with Gasteiger partial charge in [-0.2, -0.15) is 0 Å². The summed E-state index contributed by atoms with van der Waals surface area (Å²) >= 11 is 0. The van der Waals surface area contributed by atoms with Crippen LogP contribution in [0.2, 0.25) is 0 Å². The number of hydrogen-bond acceptors (Lipinski definition) is 2. The van der Waals surface area contributed by atoms with Crippen molar-refractivity contribution in [2.45, 2.75) is 53.5 Å². The Hall–Kier alpha value is -0.990. The maximum absolute atomic E-state index is 6.05. The maximum atomic E-state index is 6.05. The average molecular weight is 209 g/mol. The number of nitrogens with two attached hydrogens (primary N) is 1. The number of nitrogens with zero attached hydrogens (tertiary/aromatic N) is 2. The molecule has 0 aromatic carbocycles. The van der Waals surface area contributed by atoms with Crippen LogP contribution in [0.25, 0.3) is 0 Å². The Morgan fingerprint density at radius 2 is 1.87 bits per heavy atom. The van der Waals surface area contributed by atoms with E-state index in [-0.39, 0.29) is 5.41 Å². The zero-order chi connectivity index (χ0) is 11.8. The van der Waals surface area contributed by atoms with E-state index in [1.54, 1.807) is 0 Å². The van der Waals surface area contributed by atoms with Crippen LogP contribution >= 0.6 is 0 Å². The number of rotatable bonds is 2. The lowest BCUT2D eigenvalue weighted by atomic mass is 9.95. The molecule has 0 unspecified atom stereocenters. The predicted molar refractivity (Wildman–Crippen MR) is 64.9 cm³/mol. The van der Waals surface area contributed by atoms with Crippen LogP contribution in [0.1, 0.15) is 46.1 Å². The van der Waals surface area contributed by atoms with Crippen molar-refractivity contribution in [2.24, 2.45) is 5.92 Å². The molecule has 1 heterocycles. The van der Waals surface area contributed by atoms with Crippen LogP contribution in [0.3, 0.4) is 0 Å². The van der Waals surface area contributed by atoms with Gasteiger partial charge in [0.2, 0.25) is 0 Å². The summed E-state index contributed by atoms with van der Waals surface area (Å²) in [5.74, 6) is 2.49. The molecule has 15 heavy (non-hydrogen) atoms. The van der Waals surface area contributed by atoms with Gasteiger partial charge in [-0.15, -0.1) is 0 Å². The second-order valence-corrected chi connectivity index (χ2v) is 5.66. The Bertz CT molecular complexity index is 342. The van der Waals surface area contributed by atoms with Crippen LogP contribution in [0.15, 0.2) is 0 Å². The Labute approximate surface area is 92.7 Å². The zero-order valence-electron chi connectivity index (χ0n) is 10.8. The summed E-state index contributed by atoms with van der Waals surface area (Å²) in [5.41, 5.74) is 7.05. The first-order valence-corrected chi connectivity index (χ1v) is 5.56. The molecule has 1 aromatic heterocycles. The highest BCUT2D eigenvalue weighted by Crippen LogP contribution is 2.26.